The number of nitrogens with two attached hydrogens (primary N) is 1. The van der Waals surface area contributed by atoms with E-state index in [0.717, 1.165) is 49.7 Å². The van der Waals surface area contributed by atoms with E-state index in [2.05, 4.69) is 20.6 Å². The molecule has 1 aliphatic heterocycles. The van der Waals surface area contributed by atoms with Gasteiger partial charge in [-0.2, -0.15) is 5.10 Å². The van der Waals surface area contributed by atoms with Gasteiger partial charge in [-0.05, 0) is 49.4 Å². The fraction of sp³-hybridized carbons (Fsp3) is 0.455. The number of carbonyl (C=O) groups excluding carboxylic acids is 2. The number of halogens is 1. The van der Waals surface area contributed by atoms with E-state index in [9.17, 15) is 9.59 Å². The number of carbonyl (C=O) groups is 2. The standard InChI is InChI=1S/C22H31N7O2.HI/c1-2-24-22(28-10-4-7-18(15-28)13-20(23)30)25-14-17-6-3-8-19(12-17)27-21(31)16-29-11-5-9-26-29;/h3,5-6,8-9,11-12,18H,2,4,7,10,13-16H2,1H3,(H2,23,30)(H,24,25)(H,27,31);1H. The van der Waals surface area contributed by atoms with E-state index in [1.807, 2.05) is 31.2 Å². The molecule has 1 saturated heterocycles. The third-order valence-corrected chi connectivity index (χ3v) is 5.13. The molecule has 2 amide bonds. The quantitative estimate of drug-likeness (QED) is 0.263. The van der Waals surface area contributed by atoms with E-state index in [1.165, 1.54) is 0 Å². The maximum absolute atomic E-state index is 12.2. The molecular formula is C22H32IN7O2. The zero-order valence-corrected chi connectivity index (χ0v) is 20.7. The summed E-state index contributed by atoms with van der Waals surface area (Å²) in [4.78, 5) is 30.5. The highest BCUT2D eigenvalue weighted by Crippen LogP contribution is 2.20. The molecule has 1 aromatic carbocycles. The summed E-state index contributed by atoms with van der Waals surface area (Å²) in [5.41, 5.74) is 7.12. The van der Waals surface area contributed by atoms with Gasteiger partial charge in [-0.15, -0.1) is 24.0 Å². The van der Waals surface area contributed by atoms with Gasteiger partial charge in [-0.25, -0.2) is 4.99 Å². The number of primary amides is 1. The number of likely N-dealkylation sites (tertiary alicyclic amines) is 1. The Morgan fingerprint density at radius 2 is 2.16 bits per heavy atom. The number of benzene rings is 1. The molecule has 3 rings (SSSR count). The lowest BCUT2D eigenvalue weighted by atomic mass is 9.95. The van der Waals surface area contributed by atoms with Crippen molar-refractivity contribution in [1.82, 2.24) is 20.0 Å². The van der Waals surface area contributed by atoms with Crippen LogP contribution in [-0.4, -0.2) is 52.1 Å². The highest BCUT2D eigenvalue weighted by Gasteiger charge is 2.23. The van der Waals surface area contributed by atoms with Crippen LogP contribution in [0.2, 0.25) is 0 Å². The fourth-order valence-corrected chi connectivity index (χ4v) is 3.79. The Balaban J connectivity index is 0.00000363. The van der Waals surface area contributed by atoms with Crippen LogP contribution in [0.3, 0.4) is 0 Å². The van der Waals surface area contributed by atoms with Gasteiger partial charge in [0.05, 0.1) is 6.54 Å². The Morgan fingerprint density at radius 3 is 2.88 bits per heavy atom. The van der Waals surface area contributed by atoms with Crippen LogP contribution in [0.15, 0.2) is 47.7 Å². The molecule has 10 heteroatoms. The minimum atomic E-state index is -0.250. The van der Waals surface area contributed by atoms with Gasteiger partial charge in [0.2, 0.25) is 11.8 Å². The van der Waals surface area contributed by atoms with Crippen LogP contribution in [0, 0.1) is 5.92 Å². The number of aromatic nitrogens is 2. The average molecular weight is 553 g/mol. The molecule has 1 fully saturated rings. The average Bonchev–Trinajstić information content (AvgIpc) is 3.24. The van der Waals surface area contributed by atoms with Crippen LogP contribution in [0.25, 0.3) is 0 Å². The third-order valence-electron chi connectivity index (χ3n) is 5.13. The van der Waals surface area contributed by atoms with Crippen molar-refractivity contribution in [2.75, 3.05) is 25.0 Å². The van der Waals surface area contributed by atoms with Crippen molar-refractivity contribution >= 4 is 47.4 Å². The molecule has 0 aliphatic carbocycles. The number of anilines is 1. The highest BCUT2D eigenvalue weighted by atomic mass is 127. The predicted octanol–water partition coefficient (Wildman–Crippen LogP) is 2.19. The summed E-state index contributed by atoms with van der Waals surface area (Å²) >= 11 is 0. The van der Waals surface area contributed by atoms with Crippen LogP contribution in [-0.2, 0) is 22.7 Å². The first-order valence-electron chi connectivity index (χ1n) is 10.7. The van der Waals surface area contributed by atoms with Gasteiger partial charge in [-0.1, -0.05) is 12.1 Å². The zero-order chi connectivity index (χ0) is 22.1. The lowest BCUT2D eigenvalue weighted by Crippen LogP contribution is -2.47. The van der Waals surface area contributed by atoms with E-state index in [4.69, 9.17) is 10.7 Å². The van der Waals surface area contributed by atoms with Crippen LogP contribution in [0.4, 0.5) is 5.69 Å². The molecule has 174 valence electrons. The van der Waals surface area contributed by atoms with Gasteiger partial charge in [0, 0.05) is 44.1 Å². The summed E-state index contributed by atoms with van der Waals surface area (Å²) in [6, 6.07) is 9.47. The van der Waals surface area contributed by atoms with Crippen molar-refractivity contribution < 1.29 is 9.59 Å². The fourth-order valence-electron chi connectivity index (χ4n) is 3.79. The largest absolute Gasteiger partial charge is 0.370 e. The Hall–Kier alpha value is -2.63. The third kappa shape index (κ3) is 8.13. The first-order valence-corrected chi connectivity index (χ1v) is 10.7. The lowest BCUT2D eigenvalue weighted by molar-refractivity contribution is -0.119. The number of aliphatic imine (C=N–C) groups is 1. The molecule has 2 heterocycles. The van der Waals surface area contributed by atoms with Crippen LogP contribution in [0.1, 0.15) is 31.7 Å². The number of amides is 2. The normalized spacial score (nSPS) is 16.2. The van der Waals surface area contributed by atoms with Crippen LogP contribution < -0.4 is 16.4 Å². The van der Waals surface area contributed by atoms with E-state index in [-0.39, 0.29) is 48.3 Å². The lowest BCUT2D eigenvalue weighted by Gasteiger charge is -2.34. The Labute approximate surface area is 205 Å². The van der Waals surface area contributed by atoms with Crippen molar-refractivity contribution in [2.45, 2.75) is 39.3 Å². The number of nitrogens with zero attached hydrogens (tertiary/aromatic N) is 4. The number of nitrogens with one attached hydrogen (secondary N) is 2. The molecule has 4 N–H and O–H groups in total. The molecule has 0 spiro atoms. The molecule has 0 radical (unpaired) electrons. The SMILES string of the molecule is CCNC(=NCc1cccc(NC(=O)Cn2cccn2)c1)N1CCCC(CC(N)=O)C1.I. The summed E-state index contributed by atoms with van der Waals surface area (Å²) in [5.74, 6) is 0.722. The summed E-state index contributed by atoms with van der Waals surface area (Å²) < 4.78 is 1.58. The van der Waals surface area contributed by atoms with E-state index >= 15 is 0 Å². The molecule has 9 nitrogen and oxygen atoms in total. The Bertz CT molecular complexity index is 901. The number of rotatable bonds is 8. The molecular weight excluding hydrogens is 521 g/mol. The van der Waals surface area contributed by atoms with E-state index in [1.54, 1.807) is 23.1 Å². The number of hydrogen-bond acceptors (Lipinski definition) is 4. The minimum absolute atomic E-state index is 0. The summed E-state index contributed by atoms with van der Waals surface area (Å²) in [7, 11) is 0. The van der Waals surface area contributed by atoms with Gasteiger partial charge in [-0.3, -0.25) is 14.3 Å². The van der Waals surface area contributed by atoms with Gasteiger partial charge in [0.1, 0.15) is 6.54 Å². The van der Waals surface area contributed by atoms with Crippen molar-refractivity contribution in [3.63, 3.8) is 0 Å². The molecule has 0 saturated carbocycles. The van der Waals surface area contributed by atoms with Crippen molar-refractivity contribution in [2.24, 2.45) is 16.6 Å². The smallest absolute Gasteiger partial charge is 0.246 e. The number of piperidine rings is 1. The first kappa shape index (κ1) is 25.6. The molecule has 1 aliphatic rings. The monoisotopic (exact) mass is 553 g/mol. The molecule has 1 unspecified atom stereocenters. The van der Waals surface area contributed by atoms with Crippen molar-refractivity contribution in [1.29, 1.82) is 0 Å². The van der Waals surface area contributed by atoms with Crippen molar-refractivity contribution in [3.8, 4) is 0 Å². The number of guanidine groups is 1. The molecule has 2 aromatic rings. The number of hydrogen-bond donors (Lipinski definition) is 3. The zero-order valence-electron chi connectivity index (χ0n) is 18.4. The van der Waals surface area contributed by atoms with E-state index < -0.39 is 0 Å². The predicted molar refractivity (Wildman–Crippen MR) is 136 cm³/mol. The summed E-state index contributed by atoms with van der Waals surface area (Å²) in [6.07, 6.45) is 5.84. The Kier molecular flexibility index (Phi) is 10.4. The first-order chi connectivity index (χ1) is 15.0. The van der Waals surface area contributed by atoms with Crippen molar-refractivity contribution in [3.05, 3.63) is 48.3 Å². The van der Waals surface area contributed by atoms with E-state index in [0.29, 0.717) is 13.0 Å². The molecule has 1 aromatic heterocycles. The second kappa shape index (κ2) is 13.0. The maximum atomic E-state index is 12.2. The van der Waals surface area contributed by atoms with Crippen LogP contribution in [0.5, 0.6) is 0 Å². The minimum Gasteiger partial charge on any atom is -0.370 e. The van der Waals surface area contributed by atoms with Gasteiger partial charge in [0.15, 0.2) is 5.96 Å². The summed E-state index contributed by atoms with van der Waals surface area (Å²) in [6.45, 7) is 5.14. The van der Waals surface area contributed by atoms with Crippen LogP contribution >= 0.6 is 24.0 Å². The van der Waals surface area contributed by atoms with Gasteiger partial charge < -0.3 is 21.3 Å². The molecule has 1 atom stereocenters. The topological polar surface area (TPSA) is 118 Å². The second-order valence-corrected chi connectivity index (χ2v) is 7.75. The maximum Gasteiger partial charge on any atom is 0.246 e. The van der Waals surface area contributed by atoms with Gasteiger partial charge in [0.25, 0.3) is 0 Å². The second-order valence-electron chi connectivity index (χ2n) is 7.75. The highest BCUT2D eigenvalue weighted by molar-refractivity contribution is 14.0. The Morgan fingerprint density at radius 1 is 1.31 bits per heavy atom. The summed E-state index contributed by atoms with van der Waals surface area (Å²) in [5, 5.41) is 10.3. The molecule has 32 heavy (non-hydrogen) atoms. The van der Waals surface area contributed by atoms with Gasteiger partial charge >= 0.3 is 0 Å². The molecule has 0 bridgehead atoms.